The van der Waals surface area contributed by atoms with E-state index in [2.05, 4.69) is 11.5 Å². The number of hydrogen-bond acceptors (Lipinski definition) is 6. The Morgan fingerprint density at radius 2 is 1.89 bits per heavy atom. The molecule has 0 aliphatic carbocycles. The molecule has 0 radical (unpaired) electrons. The van der Waals surface area contributed by atoms with E-state index >= 15 is 0 Å². The molecule has 0 bridgehead atoms. The minimum absolute atomic E-state index is 0.0714. The van der Waals surface area contributed by atoms with Crippen LogP contribution in [0.2, 0.25) is 5.02 Å². The first-order chi connectivity index (χ1) is 16.9. The fraction of sp³-hybridized carbons (Fsp3) is 0.333. The zero-order chi connectivity index (χ0) is 24.9. The molecule has 184 valence electrons. The predicted molar refractivity (Wildman–Crippen MR) is 135 cm³/mol. The van der Waals surface area contributed by atoms with E-state index in [1.165, 1.54) is 0 Å². The maximum absolute atomic E-state index is 13.2. The van der Waals surface area contributed by atoms with E-state index in [0.717, 1.165) is 18.7 Å². The Bertz CT molecular complexity index is 1140. The first-order valence-corrected chi connectivity index (χ1v) is 12.0. The number of nitrogens with zero attached hydrogens (tertiary/aromatic N) is 2. The zero-order valence-corrected chi connectivity index (χ0v) is 20.5. The lowest BCUT2D eigenvalue weighted by atomic mass is 9.94. The number of morpholine rings is 1. The summed E-state index contributed by atoms with van der Waals surface area (Å²) < 4.78 is 11.0. The summed E-state index contributed by atoms with van der Waals surface area (Å²) >= 11 is 6.10. The normalized spacial score (nSPS) is 20.3. The zero-order valence-electron chi connectivity index (χ0n) is 19.7. The summed E-state index contributed by atoms with van der Waals surface area (Å²) in [5, 5.41) is 11.9. The van der Waals surface area contributed by atoms with Crippen LogP contribution in [0, 0.1) is 6.92 Å². The van der Waals surface area contributed by atoms with E-state index in [-0.39, 0.29) is 11.3 Å². The number of carbonyl (C=O) groups excluding carboxylic acids is 2. The molecule has 2 fully saturated rings. The van der Waals surface area contributed by atoms with Crippen LogP contribution in [-0.2, 0) is 14.3 Å². The van der Waals surface area contributed by atoms with Crippen molar-refractivity contribution in [2.45, 2.75) is 13.0 Å². The molecule has 0 aromatic heterocycles. The van der Waals surface area contributed by atoms with Crippen molar-refractivity contribution in [1.29, 1.82) is 0 Å². The van der Waals surface area contributed by atoms with Crippen LogP contribution in [0.15, 0.2) is 60.7 Å². The Kier molecular flexibility index (Phi) is 7.90. The Hall–Kier alpha value is -3.13. The minimum Gasteiger partial charge on any atom is -0.507 e. The van der Waals surface area contributed by atoms with Crippen molar-refractivity contribution in [1.82, 2.24) is 9.80 Å². The summed E-state index contributed by atoms with van der Waals surface area (Å²) in [6.07, 6.45) is 1.65. The lowest BCUT2D eigenvalue weighted by molar-refractivity contribution is -0.140. The molecule has 4 rings (SSSR count). The predicted octanol–water partition coefficient (Wildman–Crippen LogP) is 3.97. The highest BCUT2D eigenvalue weighted by molar-refractivity contribution is 6.46. The number of carbonyl (C=O) groups is 2. The van der Waals surface area contributed by atoms with Crippen molar-refractivity contribution >= 4 is 29.1 Å². The Morgan fingerprint density at radius 1 is 1.17 bits per heavy atom. The van der Waals surface area contributed by atoms with Gasteiger partial charge in [-0.05, 0) is 48.4 Å². The fourth-order valence-electron chi connectivity index (χ4n) is 4.47. The van der Waals surface area contributed by atoms with E-state index in [1.54, 1.807) is 53.4 Å². The third-order valence-electron chi connectivity index (χ3n) is 6.31. The quantitative estimate of drug-likeness (QED) is 0.258. The van der Waals surface area contributed by atoms with Gasteiger partial charge in [0.25, 0.3) is 11.7 Å². The van der Waals surface area contributed by atoms with E-state index in [1.807, 2.05) is 6.92 Å². The maximum atomic E-state index is 13.2. The van der Waals surface area contributed by atoms with Gasteiger partial charge in [0, 0.05) is 36.8 Å². The Labute approximate surface area is 210 Å². The number of benzene rings is 2. The van der Waals surface area contributed by atoms with Gasteiger partial charge < -0.3 is 19.5 Å². The second-order valence-corrected chi connectivity index (χ2v) is 9.01. The van der Waals surface area contributed by atoms with E-state index < -0.39 is 17.7 Å². The first-order valence-electron chi connectivity index (χ1n) is 11.6. The highest BCUT2D eigenvalue weighted by atomic mass is 35.5. The molecule has 2 aliphatic rings. The average Bonchev–Trinajstić information content (AvgIpc) is 3.12. The number of aliphatic hydroxyl groups excluding tert-OH is 1. The van der Waals surface area contributed by atoms with Crippen molar-refractivity contribution in [3.63, 3.8) is 0 Å². The van der Waals surface area contributed by atoms with Crippen LogP contribution in [0.3, 0.4) is 0 Å². The molecule has 1 unspecified atom stereocenters. The number of hydrogen-bond donors (Lipinski definition) is 1. The minimum atomic E-state index is -0.718. The number of aliphatic hydroxyl groups is 1. The molecule has 2 aliphatic heterocycles. The molecular formula is C27H29ClN2O5. The number of ether oxygens (including phenoxy) is 2. The third kappa shape index (κ3) is 5.42. The van der Waals surface area contributed by atoms with Gasteiger partial charge >= 0.3 is 0 Å². The van der Waals surface area contributed by atoms with Crippen LogP contribution in [0.4, 0.5) is 0 Å². The monoisotopic (exact) mass is 496 g/mol. The lowest BCUT2D eigenvalue weighted by Gasteiger charge is -2.31. The lowest BCUT2D eigenvalue weighted by Crippen LogP contribution is -2.42. The molecule has 1 amide bonds. The smallest absolute Gasteiger partial charge is 0.295 e. The Balaban J connectivity index is 1.72. The molecule has 0 saturated carbocycles. The number of amides is 1. The van der Waals surface area contributed by atoms with E-state index in [4.69, 9.17) is 21.1 Å². The van der Waals surface area contributed by atoms with Crippen LogP contribution >= 0.6 is 11.6 Å². The number of likely N-dealkylation sites (tertiary alicyclic amines) is 1. The van der Waals surface area contributed by atoms with Crippen LogP contribution in [0.5, 0.6) is 5.75 Å². The summed E-state index contributed by atoms with van der Waals surface area (Å²) in [4.78, 5) is 30.2. The van der Waals surface area contributed by atoms with Crippen molar-refractivity contribution in [2.24, 2.45) is 0 Å². The SMILES string of the molecule is C=CCOc1ccc(/C(O)=C2\C(=O)C(=O)N(CCN3CCOCC3)C2c2ccc(Cl)cc2)c(C)c1. The largest absolute Gasteiger partial charge is 0.507 e. The molecule has 7 nitrogen and oxygen atoms in total. The second kappa shape index (κ2) is 11.1. The number of ketones is 1. The number of aryl methyl sites for hydroxylation is 1. The van der Waals surface area contributed by atoms with Crippen LogP contribution in [0.25, 0.3) is 5.76 Å². The topological polar surface area (TPSA) is 79.3 Å². The maximum Gasteiger partial charge on any atom is 0.295 e. The van der Waals surface area contributed by atoms with Gasteiger partial charge in [-0.25, -0.2) is 0 Å². The Morgan fingerprint density at radius 3 is 2.54 bits per heavy atom. The molecule has 35 heavy (non-hydrogen) atoms. The van der Waals surface area contributed by atoms with Gasteiger partial charge in [-0.3, -0.25) is 14.5 Å². The number of rotatable bonds is 8. The van der Waals surface area contributed by atoms with Gasteiger partial charge in [0.15, 0.2) is 0 Å². The van der Waals surface area contributed by atoms with Gasteiger partial charge in [-0.15, -0.1) is 0 Å². The summed E-state index contributed by atoms with van der Waals surface area (Å²) in [5.74, 6) is -0.900. The summed E-state index contributed by atoms with van der Waals surface area (Å²) in [5.41, 5.74) is 1.97. The van der Waals surface area contributed by atoms with Gasteiger partial charge in [-0.2, -0.15) is 0 Å². The van der Waals surface area contributed by atoms with E-state index in [9.17, 15) is 14.7 Å². The fourth-order valence-corrected chi connectivity index (χ4v) is 4.59. The summed E-state index contributed by atoms with van der Waals surface area (Å²) in [6.45, 7) is 9.61. The van der Waals surface area contributed by atoms with Gasteiger partial charge in [0.2, 0.25) is 0 Å². The molecule has 1 N–H and O–H groups in total. The molecule has 8 heteroatoms. The van der Waals surface area contributed by atoms with Gasteiger partial charge in [0.1, 0.15) is 18.1 Å². The van der Waals surface area contributed by atoms with Crippen LogP contribution in [0.1, 0.15) is 22.7 Å². The van der Waals surface area contributed by atoms with Crippen LogP contribution < -0.4 is 4.74 Å². The van der Waals surface area contributed by atoms with Crippen molar-refractivity contribution in [3.05, 3.63) is 82.4 Å². The van der Waals surface area contributed by atoms with Gasteiger partial charge in [0.05, 0.1) is 24.8 Å². The molecular weight excluding hydrogens is 468 g/mol. The third-order valence-corrected chi connectivity index (χ3v) is 6.56. The van der Waals surface area contributed by atoms with E-state index in [0.29, 0.717) is 54.8 Å². The number of halogens is 1. The highest BCUT2D eigenvalue weighted by Gasteiger charge is 2.46. The summed E-state index contributed by atoms with van der Waals surface area (Å²) in [6, 6.07) is 11.5. The standard InChI is InChI=1S/C27H29ClN2O5/c1-3-14-35-21-8-9-22(18(2)17-21)25(31)23-24(19-4-6-20(28)7-5-19)30(27(33)26(23)32)11-10-29-12-15-34-16-13-29/h3-9,17,24,31H,1,10-16H2,2H3/b25-23+. The highest BCUT2D eigenvalue weighted by Crippen LogP contribution is 2.40. The number of Topliss-reactive ketones (excluding diaryl/α,β-unsaturated/α-hetero) is 1. The van der Waals surface area contributed by atoms with Crippen molar-refractivity contribution in [3.8, 4) is 5.75 Å². The summed E-state index contributed by atoms with van der Waals surface area (Å²) in [7, 11) is 0. The second-order valence-electron chi connectivity index (χ2n) is 8.57. The van der Waals surface area contributed by atoms with Crippen molar-refractivity contribution in [2.75, 3.05) is 46.0 Å². The molecule has 2 aromatic rings. The molecule has 0 spiro atoms. The van der Waals surface area contributed by atoms with Gasteiger partial charge in [-0.1, -0.05) is 36.4 Å². The molecule has 2 saturated heterocycles. The average molecular weight is 497 g/mol. The van der Waals surface area contributed by atoms with Crippen LogP contribution in [-0.4, -0.2) is 72.6 Å². The van der Waals surface area contributed by atoms with Crippen molar-refractivity contribution < 1.29 is 24.2 Å². The molecule has 2 heterocycles. The molecule has 2 aromatic carbocycles. The molecule has 1 atom stereocenters. The first kappa shape index (κ1) is 25.0.